The van der Waals surface area contributed by atoms with Crippen LogP contribution in [-0.2, 0) is 16.1 Å². The molecule has 0 bridgehead atoms. The number of hydrogen-bond acceptors (Lipinski definition) is 6. The van der Waals surface area contributed by atoms with Gasteiger partial charge in [0.25, 0.3) is 0 Å². The third kappa shape index (κ3) is 7.85. The number of hydrogen-bond donors (Lipinski definition) is 1. The number of halogens is 1. The Kier molecular flexibility index (Phi) is 11.1. The first-order chi connectivity index (χ1) is 15.2. The van der Waals surface area contributed by atoms with E-state index in [0.29, 0.717) is 25.6 Å². The van der Waals surface area contributed by atoms with Crippen molar-refractivity contribution >= 4 is 35.9 Å². The molecule has 3 rings (SSSR count). The van der Waals surface area contributed by atoms with Crippen molar-refractivity contribution in [2.45, 2.75) is 19.4 Å². The van der Waals surface area contributed by atoms with Crippen LogP contribution in [0.5, 0.6) is 11.6 Å². The van der Waals surface area contributed by atoms with Crippen molar-refractivity contribution in [2.24, 2.45) is 10.9 Å². The zero-order valence-electron chi connectivity index (χ0n) is 18.5. The average Bonchev–Trinajstić information content (AvgIpc) is 2.83. The van der Waals surface area contributed by atoms with Gasteiger partial charge in [0.05, 0.1) is 13.0 Å². The molecule has 0 radical (unpaired) electrons. The summed E-state index contributed by atoms with van der Waals surface area (Å²) in [4.78, 5) is 22.6. The Morgan fingerprint density at radius 3 is 2.47 bits per heavy atom. The Labute approximate surface area is 206 Å². The maximum atomic E-state index is 11.7. The van der Waals surface area contributed by atoms with Gasteiger partial charge in [0.15, 0.2) is 5.96 Å². The highest BCUT2D eigenvalue weighted by molar-refractivity contribution is 14.0. The van der Waals surface area contributed by atoms with Crippen LogP contribution in [0.2, 0.25) is 0 Å². The van der Waals surface area contributed by atoms with Crippen LogP contribution >= 0.6 is 24.0 Å². The second-order valence-corrected chi connectivity index (χ2v) is 7.20. The summed E-state index contributed by atoms with van der Waals surface area (Å²) >= 11 is 0. The minimum Gasteiger partial charge on any atom is -0.490 e. The van der Waals surface area contributed by atoms with E-state index in [1.807, 2.05) is 42.5 Å². The Morgan fingerprint density at radius 2 is 1.84 bits per heavy atom. The van der Waals surface area contributed by atoms with E-state index >= 15 is 0 Å². The van der Waals surface area contributed by atoms with Crippen molar-refractivity contribution in [1.29, 1.82) is 0 Å². The average molecular weight is 554 g/mol. The summed E-state index contributed by atoms with van der Waals surface area (Å²) in [6.45, 7) is 3.03. The zero-order valence-corrected chi connectivity index (χ0v) is 20.9. The number of likely N-dealkylation sites (tertiary alicyclic amines) is 1. The van der Waals surface area contributed by atoms with Gasteiger partial charge in [0, 0.05) is 38.9 Å². The summed E-state index contributed by atoms with van der Waals surface area (Å²) in [7, 11) is 3.21. The van der Waals surface area contributed by atoms with Gasteiger partial charge >= 0.3 is 5.97 Å². The molecule has 1 aromatic carbocycles. The molecule has 0 saturated carbocycles. The van der Waals surface area contributed by atoms with Crippen molar-refractivity contribution in [3.63, 3.8) is 0 Å². The van der Waals surface area contributed by atoms with Crippen LogP contribution < -0.4 is 14.8 Å². The molecule has 32 heavy (non-hydrogen) atoms. The molecule has 0 amide bonds. The standard InChI is InChI=1S/C23H30N4O4.HI/c1-24-23(27-12-10-19(11-13-27)22(28)29-2)26-17-18-8-9-21(25-16-18)31-15-14-30-20-6-4-3-5-7-20;/h3-9,16,19H,10-15,17H2,1-2H3,(H,24,26);1H. The van der Waals surface area contributed by atoms with Crippen LogP contribution in [0, 0.1) is 5.92 Å². The van der Waals surface area contributed by atoms with Crippen molar-refractivity contribution in [3.8, 4) is 11.6 Å². The lowest BCUT2D eigenvalue weighted by Crippen LogP contribution is -2.46. The number of benzene rings is 1. The fraction of sp³-hybridized carbons (Fsp3) is 0.435. The molecule has 1 aromatic heterocycles. The molecule has 1 N–H and O–H groups in total. The second-order valence-electron chi connectivity index (χ2n) is 7.20. The van der Waals surface area contributed by atoms with E-state index in [1.54, 1.807) is 13.2 Å². The number of piperidine rings is 1. The smallest absolute Gasteiger partial charge is 0.308 e. The molecule has 2 heterocycles. The molecule has 0 spiro atoms. The highest BCUT2D eigenvalue weighted by Gasteiger charge is 2.26. The number of carbonyl (C=O) groups is 1. The summed E-state index contributed by atoms with van der Waals surface area (Å²) in [6, 6.07) is 13.5. The lowest BCUT2D eigenvalue weighted by Gasteiger charge is -2.33. The van der Waals surface area contributed by atoms with Crippen molar-refractivity contribution < 1.29 is 19.0 Å². The van der Waals surface area contributed by atoms with Crippen molar-refractivity contribution in [3.05, 3.63) is 54.2 Å². The minimum atomic E-state index is -0.123. The Bertz CT molecular complexity index is 841. The lowest BCUT2D eigenvalue weighted by molar-refractivity contribution is -0.146. The van der Waals surface area contributed by atoms with Gasteiger partial charge in [-0.25, -0.2) is 4.98 Å². The Balaban J connectivity index is 0.00000363. The topological polar surface area (TPSA) is 85.3 Å². The summed E-state index contributed by atoms with van der Waals surface area (Å²) in [5.74, 6) is 2.07. The molecule has 0 atom stereocenters. The third-order valence-electron chi connectivity index (χ3n) is 5.13. The molecule has 9 heteroatoms. The predicted octanol–water partition coefficient (Wildman–Crippen LogP) is 3.12. The Hall–Kier alpha value is -2.56. The first-order valence-electron chi connectivity index (χ1n) is 10.5. The molecule has 2 aromatic rings. The Morgan fingerprint density at radius 1 is 1.12 bits per heavy atom. The molecule has 1 aliphatic rings. The maximum absolute atomic E-state index is 11.7. The number of guanidine groups is 1. The number of methoxy groups -OCH3 is 1. The fourth-order valence-corrected chi connectivity index (χ4v) is 3.43. The number of aliphatic imine (C=N–C) groups is 1. The molecule has 1 fully saturated rings. The summed E-state index contributed by atoms with van der Waals surface area (Å²) in [5, 5.41) is 3.36. The number of carbonyl (C=O) groups excluding carboxylic acids is 1. The molecular formula is C23H31IN4O4. The van der Waals surface area contributed by atoms with Gasteiger partial charge in [0.2, 0.25) is 5.88 Å². The number of esters is 1. The van der Waals surface area contributed by atoms with Gasteiger partial charge in [-0.15, -0.1) is 24.0 Å². The van der Waals surface area contributed by atoms with E-state index < -0.39 is 0 Å². The van der Waals surface area contributed by atoms with Gasteiger partial charge in [-0.2, -0.15) is 0 Å². The van der Waals surface area contributed by atoms with Gasteiger partial charge in [0.1, 0.15) is 19.0 Å². The van der Waals surface area contributed by atoms with E-state index in [9.17, 15) is 4.79 Å². The van der Waals surface area contributed by atoms with Gasteiger partial charge in [-0.3, -0.25) is 9.79 Å². The molecular weight excluding hydrogens is 523 g/mol. The van der Waals surface area contributed by atoms with Crippen LogP contribution in [0.3, 0.4) is 0 Å². The first-order valence-corrected chi connectivity index (χ1v) is 10.5. The fourth-order valence-electron chi connectivity index (χ4n) is 3.43. The molecule has 1 aliphatic heterocycles. The number of nitrogens with zero attached hydrogens (tertiary/aromatic N) is 3. The van der Waals surface area contributed by atoms with Crippen LogP contribution in [0.4, 0.5) is 0 Å². The molecule has 1 saturated heterocycles. The van der Waals surface area contributed by atoms with Crippen LogP contribution in [0.25, 0.3) is 0 Å². The highest BCUT2D eigenvalue weighted by atomic mass is 127. The summed E-state index contributed by atoms with van der Waals surface area (Å²) < 4.78 is 16.1. The second kappa shape index (κ2) is 13.8. The summed E-state index contributed by atoms with van der Waals surface area (Å²) in [6.07, 6.45) is 3.33. The predicted molar refractivity (Wildman–Crippen MR) is 134 cm³/mol. The van der Waals surface area contributed by atoms with Crippen molar-refractivity contribution in [2.75, 3.05) is 40.5 Å². The molecule has 8 nitrogen and oxygen atoms in total. The number of nitrogens with one attached hydrogen (secondary N) is 1. The van der Waals surface area contributed by atoms with E-state index in [0.717, 1.165) is 43.2 Å². The summed E-state index contributed by atoms with van der Waals surface area (Å²) in [5.41, 5.74) is 1.03. The van der Waals surface area contributed by atoms with Gasteiger partial charge in [-0.05, 0) is 30.5 Å². The van der Waals surface area contributed by atoms with E-state index in [1.165, 1.54) is 7.11 Å². The number of ether oxygens (including phenoxy) is 3. The van der Waals surface area contributed by atoms with E-state index in [4.69, 9.17) is 14.2 Å². The van der Waals surface area contributed by atoms with Crippen LogP contribution in [0.1, 0.15) is 18.4 Å². The number of pyridine rings is 1. The number of rotatable bonds is 8. The number of para-hydroxylation sites is 1. The monoisotopic (exact) mass is 554 g/mol. The minimum absolute atomic E-state index is 0. The number of aromatic nitrogens is 1. The highest BCUT2D eigenvalue weighted by Crippen LogP contribution is 2.18. The molecule has 0 aliphatic carbocycles. The molecule has 0 unspecified atom stereocenters. The molecule has 174 valence electrons. The quantitative estimate of drug-likeness (QED) is 0.177. The third-order valence-corrected chi connectivity index (χ3v) is 5.13. The van der Waals surface area contributed by atoms with E-state index in [-0.39, 0.29) is 35.9 Å². The normalized spacial score (nSPS) is 14.3. The maximum Gasteiger partial charge on any atom is 0.308 e. The zero-order chi connectivity index (χ0) is 21.9. The van der Waals surface area contributed by atoms with Gasteiger partial charge < -0.3 is 24.4 Å². The SMILES string of the molecule is CN=C(NCc1ccc(OCCOc2ccccc2)nc1)N1CCC(C(=O)OC)CC1.I. The van der Waals surface area contributed by atoms with E-state index in [2.05, 4.69) is 20.2 Å². The van der Waals surface area contributed by atoms with Crippen LogP contribution in [-0.4, -0.2) is 62.3 Å². The first kappa shape index (κ1) is 25.7. The largest absolute Gasteiger partial charge is 0.490 e. The lowest BCUT2D eigenvalue weighted by atomic mass is 9.97. The van der Waals surface area contributed by atoms with Crippen LogP contribution in [0.15, 0.2) is 53.7 Å². The van der Waals surface area contributed by atoms with Gasteiger partial charge in [-0.1, -0.05) is 24.3 Å². The van der Waals surface area contributed by atoms with Crippen molar-refractivity contribution in [1.82, 2.24) is 15.2 Å².